The SMILES string of the molecule is CCCCCOO[Si](=O)O. The molecule has 0 amide bonds. The third kappa shape index (κ3) is 7.58. The zero-order valence-electron chi connectivity index (χ0n) is 6.00. The van der Waals surface area contributed by atoms with Gasteiger partial charge in [-0.1, -0.05) is 19.8 Å². The summed E-state index contributed by atoms with van der Waals surface area (Å²) in [5, 5.41) is 0. The molecule has 0 spiro atoms. The molecule has 0 saturated heterocycles. The van der Waals surface area contributed by atoms with Crippen molar-refractivity contribution >= 4 is 9.17 Å². The molecule has 10 heavy (non-hydrogen) atoms. The average molecular weight is 164 g/mol. The van der Waals surface area contributed by atoms with Gasteiger partial charge in [0.1, 0.15) is 0 Å². The monoisotopic (exact) mass is 164 g/mol. The molecule has 0 aromatic rings. The van der Waals surface area contributed by atoms with E-state index in [1.165, 1.54) is 0 Å². The number of rotatable bonds is 6. The molecule has 0 aromatic carbocycles. The Bertz CT molecular complexity index is 95.6. The first-order valence-corrected chi connectivity index (χ1v) is 4.56. The Morgan fingerprint density at radius 1 is 1.50 bits per heavy atom. The van der Waals surface area contributed by atoms with Crippen LogP contribution in [-0.4, -0.2) is 20.6 Å². The maximum absolute atomic E-state index is 9.87. The second-order valence-corrected chi connectivity index (χ2v) is 2.58. The van der Waals surface area contributed by atoms with E-state index in [2.05, 4.69) is 16.4 Å². The predicted octanol–water partition coefficient (Wildman–Crippen LogP) is 0.532. The van der Waals surface area contributed by atoms with E-state index in [0.717, 1.165) is 19.3 Å². The summed E-state index contributed by atoms with van der Waals surface area (Å²) in [5.74, 6) is 0. The molecule has 0 fully saturated rings. The van der Waals surface area contributed by atoms with Gasteiger partial charge in [-0.05, 0) is 6.42 Å². The summed E-state index contributed by atoms with van der Waals surface area (Å²) in [6.07, 6.45) is 3.01. The molecule has 0 aliphatic carbocycles. The molecule has 0 bridgehead atoms. The fourth-order valence-corrected chi connectivity index (χ4v) is 0.687. The summed E-state index contributed by atoms with van der Waals surface area (Å²) in [6, 6.07) is 0. The maximum Gasteiger partial charge on any atom is 0.798 e. The molecule has 0 rings (SSSR count). The van der Waals surface area contributed by atoms with Gasteiger partial charge < -0.3 is 9.37 Å². The van der Waals surface area contributed by atoms with Crippen LogP contribution < -0.4 is 0 Å². The highest BCUT2D eigenvalue weighted by molar-refractivity contribution is 6.23. The lowest BCUT2D eigenvalue weighted by Gasteiger charge is -1.97. The molecule has 0 saturated carbocycles. The molecule has 0 atom stereocenters. The minimum absolute atomic E-state index is 0.394. The van der Waals surface area contributed by atoms with Crippen LogP contribution in [0.5, 0.6) is 0 Å². The first-order chi connectivity index (χ1) is 4.77. The first-order valence-electron chi connectivity index (χ1n) is 3.29. The Balaban J connectivity index is 2.84. The average Bonchev–Trinajstić information content (AvgIpc) is 1.87. The Labute approximate surface area is 61.6 Å². The Morgan fingerprint density at radius 3 is 2.70 bits per heavy atom. The quantitative estimate of drug-likeness (QED) is 0.269. The van der Waals surface area contributed by atoms with Crippen LogP contribution in [0.3, 0.4) is 0 Å². The lowest BCUT2D eigenvalue weighted by Crippen LogP contribution is -2.06. The third-order valence-electron chi connectivity index (χ3n) is 0.961. The first kappa shape index (κ1) is 9.58. The zero-order chi connectivity index (χ0) is 7.82. The lowest BCUT2D eigenvalue weighted by molar-refractivity contribution is -0.226. The fourth-order valence-electron chi connectivity index (χ4n) is 0.503. The van der Waals surface area contributed by atoms with E-state index in [1.54, 1.807) is 0 Å². The van der Waals surface area contributed by atoms with Gasteiger partial charge in [-0.25, -0.2) is 0 Å². The van der Waals surface area contributed by atoms with Gasteiger partial charge in [0.15, 0.2) is 0 Å². The largest absolute Gasteiger partial charge is 0.798 e. The van der Waals surface area contributed by atoms with Crippen LogP contribution in [0.1, 0.15) is 26.2 Å². The Morgan fingerprint density at radius 2 is 2.20 bits per heavy atom. The van der Waals surface area contributed by atoms with Gasteiger partial charge in [-0.3, -0.25) is 4.46 Å². The number of hydrogen-bond acceptors (Lipinski definition) is 3. The van der Waals surface area contributed by atoms with Crippen LogP contribution in [0, 0.1) is 0 Å². The smallest absolute Gasteiger partial charge is 0.510 e. The number of hydrogen-bond donors (Lipinski definition) is 1. The van der Waals surface area contributed by atoms with Crippen LogP contribution in [0.25, 0.3) is 0 Å². The molecular weight excluding hydrogens is 152 g/mol. The topological polar surface area (TPSA) is 55.8 Å². The summed E-state index contributed by atoms with van der Waals surface area (Å²) in [5.41, 5.74) is 0. The van der Waals surface area contributed by atoms with Crippen molar-refractivity contribution in [1.29, 1.82) is 0 Å². The van der Waals surface area contributed by atoms with Gasteiger partial charge in [0.25, 0.3) is 0 Å². The van der Waals surface area contributed by atoms with E-state index in [4.69, 9.17) is 4.80 Å². The molecule has 0 aliphatic heterocycles. The second-order valence-electron chi connectivity index (χ2n) is 1.88. The van der Waals surface area contributed by atoms with E-state index < -0.39 is 9.17 Å². The molecule has 60 valence electrons. The highest BCUT2D eigenvalue weighted by atomic mass is 28.3. The summed E-state index contributed by atoms with van der Waals surface area (Å²) >= 11 is 0. The summed E-state index contributed by atoms with van der Waals surface area (Å²) < 4.78 is 13.9. The zero-order valence-corrected chi connectivity index (χ0v) is 7.00. The predicted molar refractivity (Wildman–Crippen MR) is 35.2 cm³/mol. The Hall–Kier alpha value is -0.423. The highest BCUT2D eigenvalue weighted by Crippen LogP contribution is 1.93. The molecule has 0 radical (unpaired) electrons. The van der Waals surface area contributed by atoms with Crippen molar-refractivity contribution in [3.05, 3.63) is 0 Å². The van der Waals surface area contributed by atoms with Gasteiger partial charge in [0.2, 0.25) is 0 Å². The molecule has 0 aromatic heterocycles. The standard InChI is InChI=1S/C5H12O4Si/c1-2-3-4-5-8-9-10(6)7/h6H,2-5H2,1H3. The van der Waals surface area contributed by atoms with Crippen molar-refractivity contribution in [2.75, 3.05) is 6.61 Å². The van der Waals surface area contributed by atoms with Gasteiger partial charge in [-0.15, -0.1) is 0 Å². The van der Waals surface area contributed by atoms with Crippen molar-refractivity contribution in [2.45, 2.75) is 26.2 Å². The van der Waals surface area contributed by atoms with Crippen molar-refractivity contribution < 1.29 is 18.7 Å². The van der Waals surface area contributed by atoms with E-state index in [1.807, 2.05) is 0 Å². The highest BCUT2D eigenvalue weighted by Gasteiger charge is 2.03. The van der Waals surface area contributed by atoms with Crippen LogP contribution >= 0.6 is 0 Å². The van der Waals surface area contributed by atoms with Crippen LogP contribution in [-0.2, 0) is 13.9 Å². The minimum Gasteiger partial charge on any atom is -0.510 e. The lowest BCUT2D eigenvalue weighted by atomic mass is 10.3. The number of unbranched alkanes of at least 4 members (excludes halogenated alkanes) is 2. The molecule has 5 heteroatoms. The minimum atomic E-state index is -2.89. The summed E-state index contributed by atoms with van der Waals surface area (Å²) in [7, 11) is -2.89. The van der Waals surface area contributed by atoms with Crippen LogP contribution in [0.15, 0.2) is 0 Å². The van der Waals surface area contributed by atoms with Gasteiger partial charge in [0.05, 0.1) is 6.61 Å². The molecule has 1 N–H and O–H groups in total. The van der Waals surface area contributed by atoms with Crippen molar-refractivity contribution in [3.8, 4) is 0 Å². The van der Waals surface area contributed by atoms with E-state index >= 15 is 0 Å². The Kier molecular flexibility index (Phi) is 6.41. The summed E-state index contributed by atoms with van der Waals surface area (Å²) in [4.78, 5) is 12.5. The fraction of sp³-hybridized carbons (Fsp3) is 1.00. The van der Waals surface area contributed by atoms with Crippen molar-refractivity contribution in [1.82, 2.24) is 0 Å². The van der Waals surface area contributed by atoms with Crippen molar-refractivity contribution in [2.24, 2.45) is 0 Å². The normalized spacial score (nSPS) is 9.30. The van der Waals surface area contributed by atoms with Crippen LogP contribution in [0.4, 0.5) is 0 Å². The second kappa shape index (κ2) is 6.69. The molecular formula is C5H12O4Si. The molecule has 4 nitrogen and oxygen atoms in total. The molecule has 0 aliphatic rings. The van der Waals surface area contributed by atoms with Gasteiger partial charge >= 0.3 is 9.17 Å². The molecule has 0 unspecified atom stereocenters. The maximum atomic E-state index is 9.87. The van der Waals surface area contributed by atoms with Gasteiger partial charge in [0, 0.05) is 0 Å². The van der Waals surface area contributed by atoms with E-state index in [9.17, 15) is 4.46 Å². The third-order valence-corrected chi connectivity index (χ3v) is 1.22. The molecule has 0 heterocycles. The summed E-state index contributed by atoms with van der Waals surface area (Å²) in [6.45, 7) is 2.46. The van der Waals surface area contributed by atoms with E-state index in [0.29, 0.717) is 6.61 Å². The van der Waals surface area contributed by atoms with Gasteiger partial charge in [-0.2, -0.15) is 4.89 Å². The van der Waals surface area contributed by atoms with E-state index in [-0.39, 0.29) is 0 Å². The van der Waals surface area contributed by atoms with Crippen molar-refractivity contribution in [3.63, 3.8) is 0 Å². The van der Waals surface area contributed by atoms with Crippen LogP contribution in [0.2, 0.25) is 0 Å².